The second-order valence-electron chi connectivity index (χ2n) is 8.98. The number of anilines is 1. The number of carbonyl (C=O) groups excluding carboxylic acids is 1. The Kier molecular flexibility index (Phi) is 6.55. The fourth-order valence-electron chi connectivity index (χ4n) is 4.91. The third kappa shape index (κ3) is 4.45. The molecule has 162 valence electrons. The Morgan fingerprint density at radius 3 is 2.67 bits per heavy atom. The number of ether oxygens (including phenoxy) is 1. The molecular formula is C23H33N5O2. The van der Waals surface area contributed by atoms with E-state index < -0.39 is 0 Å². The fourth-order valence-corrected chi connectivity index (χ4v) is 4.91. The van der Waals surface area contributed by atoms with Gasteiger partial charge in [-0.15, -0.1) is 0 Å². The normalized spacial score (nSPS) is 21.7. The van der Waals surface area contributed by atoms with Gasteiger partial charge in [-0.3, -0.25) is 9.69 Å². The van der Waals surface area contributed by atoms with Gasteiger partial charge < -0.3 is 15.0 Å². The van der Waals surface area contributed by atoms with Crippen LogP contribution in [0.15, 0.2) is 0 Å². The predicted octanol–water partition coefficient (Wildman–Crippen LogP) is 1.98. The lowest BCUT2D eigenvalue weighted by Gasteiger charge is -2.36. The summed E-state index contributed by atoms with van der Waals surface area (Å²) >= 11 is 0. The first-order valence-corrected chi connectivity index (χ1v) is 11.4. The van der Waals surface area contributed by atoms with Gasteiger partial charge >= 0.3 is 0 Å². The van der Waals surface area contributed by atoms with Crippen LogP contribution in [0.4, 0.5) is 5.82 Å². The molecule has 0 radical (unpaired) electrons. The molecule has 1 atom stereocenters. The van der Waals surface area contributed by atoms with Crippen LogP contribution < -0.4 is 10.2 Å². The van der Waals surface area contributed by atoms with E-state index in [-0.39, 0.29) is 12.0 Å². The molecule has 2 saturated heterocycles. The van der Waals surface area contributed by atoms with Crippen LogP contribution in [0.2, 0.25) is 0 Å². The molecular weight excluding hydrogens is 378 g/mol. The van der Waals surface area contributed by atoms with Crippen molar-refractivity contribution < 1.29 is 9.53 Å². The number of amides is 1. The summed E-state index contributed by atoms with van der Waals surface area (Å²) in [6, 6.07) is 2.45. The Morgan fingerprint density at radius 2 is 2.00 bits per heavy atom. The van der Waals surface area contributed by atoms with Gasteiger partial charge in [0.05, 0.1) is 18.2 Å². The highest BCUT2D eigenvalue weighted by Gasteiger charge is 2.29. The molecule has 1 aromatic rings. The van der Waals surface area contributed by atoms with E-state index in [1.54, 1.807) is 0 Å². The Hall–Kier alpha value is -2.17. The van der Waals surface area contributed by atoms with E-state index in [2.05, 4.69) is 35.0 Å². The monoisotopic (exact) mass is 411 g/mol. The van der Waals surface area contributed by atoms with Gasteiger partial charge in [0.25, 0.3) is 0 Å². The van der Waals surface area contributed by atoms with Gasteiger partial charge in [0.15, 0.2) is 0 Å². The summed E-state index contributed by atoms with van der Waals surface area (Å²) in [4.78, 5) is 21.7. The highest BCUT2D eigenvalue weighted by molar-refractivity contribution is 5.78. The fraction of sp³-hybridized carbons (Fsp3) is 0.696. The SMILES string of the molecule is CC(C)c1nc(N2CCN(CC(=O)NC[C@H]3CCCO3)CC2)c(C#N)c2c1CCC2. The summed E-state index contributed by atoms with van der Waals surface area (Å²) in [6.07, 6.45) is 5.44. The largest absolute Gasteiger partial charge is 0.376 e. The van der Waals surface area contributed by atoms with Gasteiger partial charge in [-0.2, -0.15) is 5.26 Å². The second kappa shape index (κ2) is 9.32. The molecule has 3 aliphatic rings. The first kappa shape index (κ1) is 21.1. The highest BCUT2D eigenvalue weighted by Crippen LogP contribution is 2.35. The maximum atomic E-state index is 12.3. The number of nitrogens with zero attached hydrogens (tertiary/aromatic N) is 4. The lowest BCUT2D eigenvalue weighted by molar-refractivity contribution is -0.122. The molecule has 0 spiro atoms. The van der Waals surface area contributed by atoms with Crippen LogP contribution in [0.5, 0.6) is 0 Å². The molecule has 2 fully saturated rings. The van der Waals surface area contributed by atoms with Crippen molar-refractivity contribution in [2.24, 2.45) is 0 Å². The smallest absolute Gasteiger partial charge is 0.234 e. The number of pyridine rings is 1. The lowest BCUT2D eigenvalue weighted by atomic mass is 9.97. The summed E-state index contributed by atoms with van der Waals surface area (Å²) < 4.78 is 5.57. The summed E-state index contributed by atoms with van der Waals surface area (Å²) in [5.74, 6) is 1.27. The van der Waals surface area contributed by atoms with Crippen LogP contribution in [-0.2, 0) is 22.4 Å². The summed E-state index contributed by atoms with van der Waals surface area (Å²) in [7, 11) is 0. The molecule has 7 heteroatoms. The molecule has 0 unspecified atom stereocenters. The van der Waals surface area contributed by atoms with Crippen molar-refractivity contribution in [3.8, 4) is 6.07 Å². The molecule has 2 aliphatic heterocycles. The molecule has 1 N–H and O–H groups in total. The van der Waals surface area contributed by atoms with Crippen molar-refractivity contribution in [1.82, 2.24) is 15.2 Å². The van der Waals surface area contributed by atoms with Gasteiger partial charge in [0, 0.05) is 45.0 Å². The summed E-state index contributed by atoms with van der Waals surface area (Å²) in [5, 5.41) is 12.9. The standard InChI is InChI=1S/C23H33N5O2/c1-16(2)22-19-7-3-6-18(19)20(13-24)23(26-22)28-10-8-27(9-11-28)15-21(29)25-14-17-5-4-12-30-17/h16-17H,3-12,14-15H2,1-2H3,(H,25,29)/t17-/m1/s1. The van der Waals surface area contributed by atoms with E-state index in [0.717, 1.165) is 82.0 Å². The Labute approximate surface area is 179 Å². The number of rotatable bonds is 6. The number of nitrogens with one attached hydrogen (secondary N) is 1. The van der Waals surface area contributed by atoms with Crippen molar-refractivity contribution in [3.05, 3.63) is 22.4 Å². The van der Waals surface area contributed by atoms with Crippen molar-refractivity contribution in [2.75, 3.05) is 50.8 Å². The Balaban J connectivity index is 1.37. The van der Waals surface area contributed by atoms with Crippen molar-refractivity contribution in [2.45, 2.75) is 58.0 Å². The van der Waals surface area contributed by atoms with Crippen LogP contribution in [0.3, 0.4) is 0 Å². The number of aromatic nitrogens is 1. The van der Waals surface area contributed by atoms with E-state index in [1.807, 2.05) is 0 Å². The molecule has 0 saturated carbocycles. The number of hydrogen-bond acceptors (Lipinski definition) is 6. The van der Waals surface area contributed by atoms with Crippen molar-refractivity contribution in [3.63, 3.8) is 0 Å². The maximum Gasteiger partial charge on any atom is 0.234 e. The topological polar surface area (TPSA) is 81.5 Å². The van der Waals surface area contributed by atoms with E-state index in [9.17, 15) is 10.1 Å². The van der Waals surface area contributed by atoms with E-state index >= 15 is 0 Å². The number of hydrogen-bond donors (Lipinski definition) is 1. The number of fused-ring (bicyclic) bond motifs is 1. The molecule has 4 rings (SSSR count). The van der Waals surface area contributed by atoms with Crippen molar-refractivity contribution >= 4 is 11.7 Å². The van der Waals surface area contributed by atoms with Gasteiger partial charge in [-0.05, 0) is 49.1 Å². The van der Waals surface area contributed by atoms with Gasteiger partial charge in [-0.1, -0.05) is 13.8 Å². The lowest BCUT2D eigenvalue weighted by Crippen LogP contribution is -2.50. The number of piperazine rings is 1. The van der Waals surface area contributed by atoms with Crippen LogP contribution in [0.1, 0.15) is 61.4 Å². The predicted molar refractivity (Wildman–Crippen MR) is 116 cm³/mol. The average molecular weight is 412 g/mol. The minimum absolute atomic E-state index is 0.0643. The third-order valence-corrected chi connectivity index (χ3v) is 6.53. The summed E-state index contributed by atoms with van der Waals surface area (Å²) in [5.41, 5.74) is 4.47. The molecule has 0 bridgehead atoms. The Bertz CT molecular complexity index is 818. The molecule has 30 heavy (non-hydrogen) atoms. The van der Waals surface area contributed by atoms with Crippen LogP contribution in [0, 0.1) is 11.3 Å². The van der Waals surface area contributed by atoms with Crippen LogP contribution >= 0.6 is 0 Å². The molecule has 3 heterocycles. The molecule has 0 aromatic carbocycles. The quantitative estimate of drug-likeness (QED) is 0.771. The van der Waals surface area contributed by atoms with Gasteiger partial charge in [0.1, 0.15) is 11.9 Å². The van der Waals surface area contributed by atoms with Crippen molar-refractivity contribution in [1.29, 1.82) is 5.26 Å². The number of nitriles is 1. The van der Waals surface area contributed by atoms with E-state index in [1.165, 1.54) is 11.1 Å². The molecule has 7 nitrogen and oxygen atoms in total. The van der Waals surface area contributed by atoms with Crippen LogP contribution in [0.25, 0.3) is 0 Å². The molecule has 1 aromatic heterocycles. The Morgan fingerprint density at radius 1 is 1.23 bits per heavy atom. The second-order valence-corrected chi connectivity index (χ2v) is 8.98. The molecule has 1 aliphatic carbocycles. The zero-order chi connectivity index (χ0) is 21.1. The maximum absolute atomic E-state index is 12.3. The highest BCUT2D eigenvalue weighted by atomic mass is 16.5. The minimum atomic E-state index is 0.0643. The minimum Gasteiger partial charge on any atom is -0.376 e. The summed E-state index contributed by atoms with van der Waals surface area (Å²) in [6.45, 7) is 9.38. The van der Waals surface area contributed by atoms with E-state index in [0.29, 0.717) is 19.0 Å². The zero-order valence-corrected chi connectivity index (χ0v) is 18.2. The first-order chi connectivity index (χ1) is 14.6. The number of carbonyl (C=O) groups is 1. The average Bonchev–Trinajstić information content (AvgIpc) is 3.43. The zero-order valence-electron chi connectivity index (χ0n) is 18.2. The van der Waals surface area contributed by atoms with Gasteiger partial charge in [0.2, 0.25) is 5.91 Å². The van der Waals surface area contributed by atoms with E-state index in [4.69, 9.17) is 9.72 Å². The molecule has 1 amide bonds. The van der Waals surface area contributed by atoms with Gasteiger partial charge in [-0.25, -0.2) is 4.98 Å². The van der Waals surface area contributed by atoms with Crippen LogP contribution in [-0.4, -0.2) is 67.8 Å². The third-order valence-electron chi connectivity index (χ3n) is 6.53. The first-order valence-electron chi connectivity index (χ1n) is 11.4.